The molecule has 4 nitrogen and oxygen atoms in total. The molecule has 0 saturated carbocycles. The van der Waals surface area contributed by atoms with Gasteiger partial charge in [0.25, 0.3) is 6.43 Å². The Morgan fingerprint density at radius 3 is 2.72 bits per heavy atom. The predicted octanol–water partition coefficient (Wildman–Crippen LogP) is 2.60. The molecule has 7 heteroatoms. The molecule has 0 bridgehead atoms. The van der Waals surface area contributed by atoms with Gasteiger partial charge < -0.3 is 10.5 Å². The molecule has 2 N–H and O–H groups in total. The Balaban J connectivity index is 3.15. The van der Waals surface area contributed by atoms with Gasteiger partial charge in [-0.1, -0.05) is 15.9 Å². The minimum atomic E-state index is -2.71. The Kier molecular flexibility index (Phi) is 5.46. The van der Waals surface area contributed by atoms with Gasteiger partial charge >= 0.3 is 5.97 Å². The maximum absolute atomic E-state index is 12.8. The van der Waals surface area contributed by atoms with Crippen LogP contribution in [0.5, 0.6) is 0 Å². The number of hydrogen-bond donors (Lipinski definition) is 1. The van der Waals surface area contributed by atoms with E-state index in [0.29, 0.717) is 5.56 Å². The van der Waals surface area contributed by atoms with E-state index in [1.807, 2.05) is 0 Å². The highest BCUT2D eigenvalue weighted by Gasteiger charge is 2.21. The van der Waals surface area contributed by atoms with Gasteiger partial charge in [0.1, 0.15) is 5.69 Å². The van der Waals surface area contributed by atoms with Crippen LogP contribution in [0.25, 0.3) is 0 Å². The molecule has 1 heterocycles. The lowest BCUT2D eigenvalue weighted by Gasteiger charge is -2.13. The van der Waals surface area contributed by atoms with Crippen LogP contribution in [0.15, 0.2) is 6.20 Å². The van der Waals surface area contributed by atoms with E-state index in [4.69, 9.17) is 10.5 Å². The van der Waals surface area contributed by atoms with E-state index in [9.17, 15) is 13.6 Å². The normalized spacial score (nSPS) is 10.7. The number of aromatic nitrogens is 1. The van der Waals surface area contributed by atoms with Gasteiger partial charge in [-0.2, -0.15) is 0 Å². The molecule has 0 spiro atoms. The number of alkyl halides is 3. The fourth-order valence-corrected chi connectivity index (χ4v) is 2.15. The van der Waals surface area contributed by atoms with E-state index in [2.05, 4.69) is 20.9 Å². The Bertz CT molecular complexity index is 441. The van der Waals surface area contributed by atoms with Crippen LogP contribution in [0.1, 0.15) is 30.2 Å². The quantitative estimate of drug-likeness (QED) is 0.668. The van der Waals surface area contributed by atoms with Crippen LogP contribution in [0.4, 0.5) is 14.5 Å². The second-order valence-corrected chi connectivity index (χ2v) is 4.03. The second kappa shape index (κ2) is 6.63. The maximum Gasteiger partial charge on any atom is 0.310 e. The fraction of sp³-hybridized carbons (Fsp3) is 0.455. The standard InChI is InChI=1S/C11H13BrF2N2O2/c1-2-18-9(17)3-6-7(4-12)10(11(13)14)16-5-8(6)15/h5,11H,2-4,15H2,1H3. The summed E-state index contributed by atoms with van der Waals surface area (Å²) in [5.41, 5.74) is 6.12. The van der Waals surface area contributed by atoms with Crippen LogP contribution >= 0.6 is 15.9 Å². The number of anilines is 1. The first-order valence-corrected chi connectivity index (χ1v) is 6.39. The van der Waals surface area contributed by atoms with Gasteiger partial charge in [-0.3, -0.25) is 9.78 Å². The van der Waals surface area contributed by atoms with Crippen molar-refractivity contribution in [3.8, 4) is 0 Å². The number of ether oxygens (including phenoxy) is 1. The Hall–Kier alpha value is -1.24. The van der Waals surface area contributed by atoms with Crippen molar-refractivity contribution in [2.24, 2.45) is 0 Å². The second-order valence-electron chi connectivity index (χ2n) is 3.47. The number of carbonyl (C=O) groups is 1. The zero-order chi connectivity index (χ0) is 13.7. The number of rotatable bonds is 5. The van der Waals surface area contributed by atoms with Gasteiger partial charge in [0.2, 0.25) is 0 Å². The Morgan fingerprint density at radius 2 is 2.22 bits per heavy atom. The van der Waals surface area contributed by atoms with Gasteiger partial charge in [-0.25, -0.2) is 8.78 Å². The molecule has 1 aromatic rings. The smallest absolute Gasteiger partial charge is 0.310 e. The number of hydrogen-bond acceptors (Lipinski definition) is 4. The first-order valence-electron chi connectivity index (χ1n) is 5.27. The van der Waals surface area contributed by atoms with Crippen molar-refractivity contribution < 1.29 is 18.3 Å². The molecule has 0 radical (unpaired) electrons. The fourth-order valence-electron chi connectivity index (χ4n) is 1.53. The molecule has 1 rings (SSSR count). The summed E-state index contributed by atoms with van der Waals surface area (Å²) in [6.45, 7) is 1.90. The van der Waals surface area contributed by atoms with E-state index in [1.165, 1.54) is 0 Å². The molecule has 0 aliphatic rings. The summed E-state index contributed by atoms with van der Waals surface area (Å²) in [5.74, 6) is -0.502. The molecule has 0 aliphatic heterocycles. The van der Waals surface area contributed by atoms with Crippen LogP contribution in [0.3, 0.4) is 0 Å². The molecule has 0 unspecified atom stereocenters. The number of carbonyl (C=O) groups excluding carboxylic acids is 1. The molecule has 100 valence electrons. The molecule has 0 amide bonds. The van der Waals surface area contributed by atoms with Crippen molar-refractivity contribution in [1.82, 2.24) is 4.98 Å². The Labute approximate surface area is 112 Å². The van der Waals surface area contributed by atoms with E-state index in [0.717, 1.165) is 6.20 Å². The highest BCUT2D eigenvalue weighted by atomic mass is 79.9. The number of esters is 1. The number of nitrogens with two attached hydrogens (primary N) is 1. The summed E-state index contributed by atoms with van der Waals surface area (Å²) < 4.78 is 30.3. The predicted molar refractivity (Wildman–Crippen MR) is 66.6 cm³/mol. The first-order chi connectivity index (χ1) is 8.51. The molecule has 0 fully saturated rings. The number of nitrogens with zero attached hydrogens (tertiary/aromatic N) is 1. The van der Waals surface area contributed by atoms with Crippen molar-refractivity contribution in [2.75, 3.05) is 12.3 Å². The lowest BCUT2D eigenvalue weighted by molar-refractivity contribution is -0.142. The highest BCUT2D eigenvalue weighted by molar-refractivity contribution is 9.08. The van der Waals surface area contributed by atoms with Crippen LogP contribution in [-0.2, 0) is 21.3 Å². The van der Waals surface area contributed by atoms with Gasteiger partial charge in [0.15, 0.2) is 0 Å². The lowest BCUT2D eigenvalue weighted by atomic mass is 10.0. The third-order valence-electron chi connectivity index (χ3n) is 2.33. The third kappa shape index (κ3) is 3.38. The summed E-state index contributed by atoms with van der Waals surface area (Å²) >= 11 is 3.11. The lowest BCUT2D eigenvalue weighted by Crippen LogP contribution is -2.13. The first kappa shape index (κ1) is 14.8. The minimum Gasteiger partial charge on any atom is -0.466 e. The largest absolute Gasteiger partial charge is 0.466 e. The molecule has 1 aromatic heterocycles. The minimum absolute atomic E-state index is 0.136. The summed E-state index contributed by atoms with van der Waals surface area (Å²) in [4.78, 5) is 15.0. The summed E-state index contributed by atoms with van der Waals surface area (Å²) in [6.07, 6.45) is -1.70. The van der Waals surface area contributed by atoms with Crippen molar-refractivity contribution in [3.05, 3.63) is 23.0 Å². The van der Waals surface area contributed by atoms with Crippen molar-refractivity contribution >= 4 is 27.6 Å². The third-order valence-corrected chi connectivity index (χ3v) is 2.89. The van der Waals surface area contributed by atoms with Gasteiger partial charge in [0, 0.05) is 5.33 Å². The molecule has 0 saturated heterocycles. The molecular formula is C11H13BrF2N2O2. The summed E-state index contributed by atoms with van der Waals surface area (Å²) in [5, 5.41) is 0.152. The monoisotopic (exact) mass is 322 g/mol. The van der Waals surface area contributed by atoms with E-state index in [-0.39, 0.29) is 35.3 Å². The molecule has 0 atom stereocenters. The molecule has 0 aliphatic carbocycles. The topological polar surface area (TPSA) is 65.2 Å². The van der Waals surface area contributed by atoms with Crippen LogP contribution in [-0.4, -0.2) is 17.6 Å². The van der Waals surface area contributed by atoms with Crippen molar-refractivity contribution in [1.29, 1.82) is 0 Å². The van der Waals surface area contributed by atoms with Gasteiger partial charge in [0.05, 0.1) is 24.9 Å². The SMILES string of the molecule is CCOC(=O)Cc1c(N)cnc(C(F)F)c1CBr. The van der Waals surface area contributed by atoms with Crippen molar-refractivity contribution in [3.63, 3.8) is 0 Å². The van der Waals surface area contributed by atoms with Crippen LogP contribution in [0.2, 0.25) is 0 Å². The number of pyridine rings is 1. The number of halogens is 3. The zero-order valence-corrected chi connectivity index (χ0v) is 11.3. The maximum atomic E-state index is 12.8. The molecular weight excluding hydrogens is 310 g/mol. The van der Waals surface area contributed by atoms with E-state index in [1.54, 1.807) is 6.92 Å². The van der Waals surface area contributed by atoms with E-state index >= 15 is 0 Å². The molecule has 0 aromatic carbocycles. The van der Waals surface area contributed by atoms with E-state index < -0.39 is 12.4 Å². The molecule has 18 heavy (non-hydrogen) atoms. The van der Waals surface area contributed by atoms with Gasteiger partial charge in [-0.05, 0) is 18.1 Å². The van der Waals surface area contributed by atoms with Gasteiger partial charge in [-0.15, -0.1) is 0 Å². The average Bonchev–Trinajstić information content (AvgIpc) is 2.31. The summed E-state index contributed by atoms with van der Waals surface area (Å²) in [6, 6.07) is 0. The van der Waals surface area contributed by atoms with Crippen molar-refractivity contribution in [2.45, 2.75) is 25.1 Å². The van der Waals surface area contributed by atoms with Crippen LogP contribution < -0.4 is 5.73 Å². The zero-order valence-electron chi connectivity index (χ0n) is 9.75. The average molecular weight is 323 g/mol. The highest BCUT2D eigenvalue weighted by Crippen LogP contribution is 2.29. The number of nitrogen functional groups attached to an aromatic ring is 1. The Morgan fingerprint density at radius 1 is 1.56 bits per heavy atom. The summed E-state index contributed by atoms with van der Waals surface area (Å²) in [7, 11) is 0. The van der Waals surface area contributed by atoms with Crippen LogP contribution in [0, 0.1) is 0 Å².